The molecule has 0 aromatic heterocycles. The van der Waals surface area contributed by atoms with Gasteiger partial charge in [0.15, 0.2) is 5.78 Å². The van der Waals surface area contributed by atoms with Crippen molar-refractivity contribution in [2.24, 2.45) is 5.92 Å². The van der Waals surface area contributed by atoms with Crippen LogP contribution in [0, 0.1) is 17.2 Å². The van der Waals surface area contributed by atoms with Crippen LogP contribution in [-0.2, 0) is 9.53 Å². The molecule has 0 saturated carbocycles. The highest BCUT2D eigenvalue weighted by Crippen LogP contribution is 2.08. The van der Waals surface area contributed by atoms with E-state index >= 15 is 0 Å². The highest BCUT2D eigenvalue weighted by Gasteiger charge is 2.15. The van der Waals surface area contributed by atoms with Crippen LogP contribution in [0.2, 0.25) is 0 Å². The molecule has 0 radical (unpaired) electrons. The molecule has 0 rings (SSSR count). The number of nitrogens with zero attached hydrogens (tertiary/aromatic N) is 1. The maximum atomic E-state index is 11.3. The van der Waals surface area contributed by atoms with E-state index in [1.54, 1.807) is 0 Å². The monoisotopic (exact) mass is 183 g/mol. The van der Waals surface area contributed by atoms with Gasteiger partial charge in [-0.05, 0) is 13.3 Å². The number of rotatable bonds is 7. The van der Waals surface area contributed by atoms with Crippen molar-refractivity contribution in [3.63, 3.8) is 0 Å². The quantitative estimate of drug-likeness (QED) is 0.566. The van der Waals surface area contributed by atoms with Gasteiger partial charge < -0.3 is 4.74 Å². The van der Waals surface area contributed by atoms with Crippen molar-refractivity contribution in [3.8, 4) is 6.07 Å². The van der Waals surface area contributed by atoms with E-state index in [0.717, 1.165) is 6.42 Å². The fourth-order valence-electron chi connectivity index (χ4n) is 1.08. The molecule has 0 aliphatic rings. The maximum Gasteiger partial charge on any atom is 0.152 e. The summed E-state index contributed by atoms with van der Waals surface area (Å²) in [6.45, 7) is 4.92. The number of hydrogen-bond donors (Lipinski definition) is 0. The van der Waals surface area contributed by atoms with Crippen LogP contribution in [0.3, 0.4) is 0 Å². The van der Waals surface area contributed by atoms with Crippen molar-refractivity contribution in [2.75, 3.05) is 13.2 Å². The number of carbonyl (C=O) groups excluding carboxylic acids is 1. The molecular weight excluding hydrogens is 166 g/mol. The predicted molar refractivity (Wildman–Crippen MR) is 50.1 cm³/mol. The molecule has 1 atom stereocenters. The topological polar surface area (TPSA) is 50.1 Å². The Morgan fingerprint density at radius 2 is 2.23 bits per heavy atom. The summed E-state index contributed by atoms with van der Waals surface area (Å²) in [5.74, 6) is -0.414. The van der Waals surface area contributed by atoms with E-state index < -0.39 is 5.92 Å². The molecule has 13 heavy (non-hydrogen) atoms. The Labute approximate surface area is 79.7 Å². The van der Waals surface area contributed by atoms with Crippen molar-refractivity contribution >= 4 is 5.78 Å². The summed E-state index contributed by atoms with van der Waals surface area (Å²) in [6.07, 6.45) is 1.91. The van der Waals surface area contributed by atoms with E-state index in [-0.39, 0.29) is 5.78 Å². The van der Waals surface area contributed by atoms with Crippen molar-refractivity contribution in [1.29, 1.82) is 5.26 Å². The molecule has 74 valence electrons. The number of Topliss-reactive ketones (excluding diaryl/α,β-unsaturated/α-hetero) is 1. The number of carbonyl (C=O) groups is 1. The molecule has 3 nitrogen and oxygen atoms in total. The van der Waals surface area contributed by atoms with Gasteiger partial charge in [-0.25, -0.2) is 0 Å². The van der Waals surface area contributed by atoms with Gasteiger partial charge in [0.05, 0.1) is 12.7 Å². The van der Waals surface area contributed by atoms with Gasteiger partial charge in [0.1, 0.15) is 5.92 Å². The molecule has 0 amide bonds. The van der Waals surface area contributed by atoms with E-state index in [0.29, 0.717) is 26.1 Å². The van der Waals surface area contributed by atoms with Crippen molar-refractivity contribution in [2.45, 2.75) is 33.1 Å². The van der Waals surface area contributed by atoms with Crippen molar-refractivity contribution in [1.82, 2.24) is 0 Å². The van der Waals surface area contributed by atoms with E-state index in [4.69, 9.17) is 10.00 Å². The Bertz CT molecular complexity index is 184. The van der Waals surface area contributed by atoms with Crippen LogP contribution in [0.4, 0.5) is 0 Å². The average Bonchev–Trinajstić information content (AvgIpc) is 2.14. The number of ether oxygens (including phenoxy) is 1. The second kappa shape index (κ2) is 7.75. The third kappa shape index (κ3) is 5.37. The molecule has 0 fully saturated rings. The Kier molecular flexibility index (Phi) is 7.23. The third-order valence-electron chi connectivity index (χ3n) is 1.82. The zero-order valence-electron chi connectivity index (χ0n) is 8.38. The van der Waals surface area contributed by atoms with E-state index in [9.17, 15) is 4.79 Å². The van der Waals surface area contributed by atoms with Crippen LogP contribution in [0.25, 0.3) is 0 Å². The van der Waals surface area contributed by atoms with Crippen LogP contribution in [0.1, 0.15) is 33.1 Å². The first-order chi connectivity index (χ1) is 6.26. The molecule has 0 bridgehead atoms. The van der Waals surface area contributed by atoms with Gasteiger partial charge in [-0.2, -0.15) is 5.26 Å². The van der Waals surface area contributed by atoms with Crippen LogP contribution in [-0.4, -0.2) is 19.0 Å². The Hall–Kier alpha value is -0.880. The molecule has 0 N–H and O–H groups in total. The second-order valence-corrected chi connectivity index (χ2v) is 2.88. The molecule has 0 aliphatic carbocycles. The predicted octanol–water partition coefficient (Wildman–Crippen LogP) is 1.92. The normalized spacial score (nSPS) is 12.1. The van der Waals surface area contributed by atoms with E-state index in [1.165, 1.54) is 0 Å². The van der Waals surface area contributed by atoms with Gasteiger partial charge in [-0.1, -0.05) is 13.3 Å². The third-order valence-corrected chi connectivity index (χ3v) is 1.82. The lowest BCUT2D eigenvalue weighted by molar-refractivity contribution is -0.122. The number of hydrogen-bond acceptors (Lipinski definition) is 3. The highest BCUT2D eigenvalue weighted by atomic mass is 16.5. The molecule has 0 aromatic carbocycles. The van der Waals surface area contributed by atoms with E-state index in [2.05, 4.69) is 0 Å². The van der Waals surface area contributed by atoms with Gasteiger partial charge in [-0.3, -0.25) is 4.79 Å². The molecule has 3 heteroatoms. The fourth-order valence-corrected chi connectivity index (χ4v) is 1.08. The summed E-state index contributed by atoms with van der Waals surface area (Å²) < 4.78 is 5.05. The first-order valence-corrected chi connectivity index (χ1v) is 4.76. The van der Waals surface area contributed by atoms with Crippen LogP contribution < -0.4 is 0 Å². The van der Waals surface area contributed by atoms with Gasteiger partial charge in [0.2, 0.25) is 0 Å². The minimum Gasteiger partial charge on any atom is -0.381 e. The first kappa shape index (κ1) is 12.1. The molecule has 1 unspecified atom stereocenters. The molecule has 0 spiro atoms. The summed E-state index contributed by atoms with van der Waals surface area (Å²) in [4.78, 5) is 11.3. The standard InChI is InChI=1S/C10H17NO2/c1-3-5-9(8-11)10(12)6-7-13-4-2/h9H,3-7H2,1-2H3. The lowest BCUT2D eigenvalue weighted by Crippen LogP contribution is -2.14. The SMILES string of the molecule is CCCC(C#N)C(=O)CCOCC. The van der Waals surface area contributed by atoms with Gasteiger partial charge in [0, 0.05) is 13.0 Å². The molecule has 0 saturated heterocycles. The minimum absolute atomic E-state index is 0.0119. The zero-order chi connectivity index (χ0) is 10.1. The van der Waals surface area contributed by atoms with Crippen molar-refractivity contribution in [3.05, 3.63) is 0 Å². The number of ketones is 1. The molecule has 0 aliphatic heterocycles. The fraction of sp³-hybridized carbons (Fsp3) is 0.800. The van der Waals surface area contributed by atoms with Crippen LogP contribution in [0.5, 0.6) is 0 Å². The lowest BCUT2D eigenvalue weighted by Gasteiger charge is -2.05. The minimum atomic E-state index is -0.426. The van der Waals surface area contributed by atoms with Crippen molar-refractivity contribution < 1.29 is 9.53 Å². The molecule has 0 heterocycles. The summed E-state index contributed by atoms with van der Waals surface area (Å²) in [5.41, 5.74) is 0. The average molecular weight is 183 g/mol. The molecular formula is C10H17NO2. The Balaban J connectivity index is 3.73. The smallest absolute Gasteiger partial charge is 0.152 e. The lowest BCUT2D eigenvalue weighted by atomic mass is 9.98. The Morgan fingerprint density at radius 1 is 1.54 bits per heavy atom. The maximum absolute atomic E-state index is 11.3. The summed E-state index contributed by atoms with van der Waals surface area (Å²) in [5, 5.41) is 8.67. The largest absolute Gasteiger partial charge is 0.381 e. The number of nitriles is 1. The second-order valence-electron chi connectivity index (χ2n) is 2.88. The van der Waals surface area contributed by atoms with Gasteiger partial charge in [0.25, 0.3) is 0 Å². The highest BCUT2D eigenvalue weighted by molar-refractivity contribution is 5.83. The van der Waals surface area contributed by atoms with E-state index in [1.807, 2.05) is 19.9 Å². The van der Waals surface area contributed by atoms with Crippen LogP contribution >= 0.6 is 0 Å². The molecule has 0 aromatic rings. The first-order valence-electron chi connectivity index (χ1n) is 4.76. The summed E-state index contributed by atoms with van der Waals surface area (Å²) in [7, 11) is 0. The Morgan fingerprint density at radius 3 is 2.69 bits per heavy atom. The van der Waals surface area contributed by atoms with Gasteiger partial charge in [-0.15, -0.1) is 0 Å². The summed E-state index contributed by atoms with van der Waals surface area (Å²) >= 11 is 0. The van der Waals surface area contributed by atoms with Gasteiger partial charge >= 0.3 is 0 Å². The zero-order valence-corrected chi connectivity index (χ0v) is 8.38. The summed E-state index contributed by atoms with van der Waals surface area (Å²) in [6, 6.07) is 2.02. The van der Waals surface area contributed by atoms with Crippen LogP contribution in [0.15, 0.2) is 0 Å².